The average molecular weight is 300 g/mol. The summed E-state index contributed by atoms with van der Waals surface area (Å²) in [6.45, 7) is 8.89. The van der Waals surface area contributed by atoms with Crippen LogP contribution < -0.4 is 5.73 Å². The van der Waals surface area contributed by atoms with E-state index in [1.807, 2.05) is 20.8 Å². The van der Waals surface area contributed by atoms with E-state index in [0.29, 0.717) is 19.7 Å². The fraction of sp³-hybridized carbons (Fsp3) is 0.867. The first-order valence-electron chi connectivity index (χ1n) is 7.62. The van der Waals surface area contributed by atoms with Crippen molar-refractivity contribution >= 4 is 12.1 Å². The highest BCUT2D eigenvalue weighted by Gasteiger charge is 2.31. The maximum atomic E-state index is 12.1. The van der Waals surface area contributed by atoms with Gasteiger partial charge in [0.25, 0.3) is 0 Å². The lowest BCUT2D eigenvalue weighted by Gasteiger charge is -2.36. The van der Waals surface area contributed by atoms with E-state index in [1.54, 1.807) is 11.8 Å². The van der Waals surface area contributed by atoms with Crippen LogP contribution in [0, 0.1) is 5.92 Å². The van der Waals surface area contributed by atoms with E-state index >= 15 is 0 Å². The predicted molar refractivity (Wildman–Crippen MR) is 79.8 cm³/mol. The van der Waals surface area contributed by atoms with Gasteiger partial charge in [-0.3, -0.25) is 4.79 Å². The highest BCUT2D eigenvalue weighted by atomic mass is 16.6. The van der Waals surface area contributed by atoms with Crippen LogP contribution in [0.25, 0.3) is 0 Å². The Morgan fingerprint density at radius 3 is 2.62 bits per heavy atom. The molecule has 2 atom stereocenters. The summed E-state index contributed by atoms with van der Waals surface area (Å²) in [5, 5.41) is 0. The minimum Gasteiger partial charge on any atom is -0.466 e. The van der Waals surface area contributed by atoms with Crippen molar-refractivity contribution in [3.63, 3.8) is 0 Å². The normalized spacial score (nSPS) is 20.8. The first-order valence-corrected chi connectivity index (χ1v) is 7.62. The largest absolute Gasteiger partial charge is 0.466 e. The smallest absolute Gasteiger partial charge is 0.410 e. The van der Waals surface area contributed by atoms with Crippen LogP contribution in [0.5, 0.6) is 0 Å². The zero-order valence-electron chi connectivity index (χ0n) is 13.6. The fourth-order valence-corrected chi connectivity index (χ4v) is 2.43. The van der Waals surface area contributed by atoms with Crippen LogP contribution in [0.1, 0.15) is 47.0 Å². The van der Waals surface area contributed by atoms with Crippen molar-refractivity contribution < 1.29 is 19.1 Å². The standard InChI is InChI=1S/C15H28N2O4/c1-5-20-13(18)9-12(16)11-7-6-8-17(10-11)14(19)21-15(2,3)4/h11-12H,5-10,16H2,1-4H3/t11-,12-/m1/s1. The van der Waals surface area contributed by atoms with Gasteiger partial charge in [0, 0.05) is 19.1 Å². The Morgan fingerprint density at radius 1 is 1.38 bits per heavy atom. The van der Waals surface area contributed by atoms with Gasteiger partial charge in [-0.25, -0.2) is 4.79 Å². The number of rotatable bonds is 4. The molecule has 0 bridgehead atoms. The van der Waals surface area contributed by atoms with Gasteiger partial charge in [-0.05, 0) is 46.5 Å². The number of nitrogens with two attached hydrogens (primary N) is 1. The number of nitrogens with zero attached hydrogens (tertiary/aromatic N) is 1. The molecular formula is C15H28N2O4. The van der Waals surface area contributed by atoms with E-state index in [4.69, 9.17) is 15.2 Å². The number of carbonyl (C=O) groups excluding carboxylic acids is 2. The van der Waals surface area contributed by atoms with Gasteiger partial charge in [0.1, 0.15) is 5.60 Å². The SMILES string of the molecule is CCOC(=O)C[C@@H](N)[C@@H]1CCCN(C(=O)OC(C)(C)C)C1. The molecule has 1 heterocycles. The topological polar surface area (TPSA) is 81.9 Å². The van der Waals surface area contributed by atoms with Crippen molar-refractivity contribution in [1.29, 1.82) is 0 Å². The van der Waals surface area contributed by atoms with E-state index in [1.165, 1.54) is 0 Å². The minimum absolute atomic E-state index is 0.107. The Labute approximate surface area is 126 Å². The second-order valence-electron chi connectivity index (χ2n) is 6.50. The third-order valence-electron chi connectivity index (χ3n) is 3.42. The first-order chi connectivity index (χ1) is 9.73. The number of hydrogen-bond donors (Lipinski definition) is 1. The molecule has 6 nitrogen and oxygen atoms in total. The summed E-state index contributed by atoms with van der Waals surface area (Å²) in [7, 11) is 0. The Bertz CT molecular complexity index is 365. The Balaban J connectivity index is 2.51. The highest BCUT2D eigenvalue weighted by Crippen LogP contribution is 2.22. The first kappa shape index (κ1) is 17.8. The highest BCUT2D eigenvalue weighted by molar-refractivity contribution is 5.70. The molecule has 1 saturated heterocycles. The molecule has 0 saturated carbocycles. The van der Waals surface area contributed by atoms with Gasteiger partial charge in [0.15, 0.2) is 0 Å². The molecule has 0 aromatic heterocycles. The van der Waals surface area contributed by atoms with E-state index in [9.17, 15) is 9.59 Å². The monoisotopic (exact) mass is 300 g/mol. The molecule has 21 heavy (non-hydrogen) atoms. The van der Waals surface area contributed by atoms with Gasteiger partial charge in [-0.1, -0.05) is 0 Å². The minimum atomic E-state index is -0.503. The quantitative estimate of drug-likeness (QED) is 0.802. The third kappa shape index (κ3) is 6.33. The van der Waals surface area contributed by atoms with E-state index in [2.05, 4.69) is 0 Å². The summed E-state index contributed by atoms with van der Waals surface area (Å²) in [4.78, 5) is 25.3. The number of esters is 1. The van der Waals surface area contributed by atoms with Crippen LogP contribution in [-0.2, 0) is 14.3 Å². The number of ether oxygens (including phenoxy) is 2. The summed E-state index contributed by atoms with van der Waals surface area (Å²) in [5.41, 5.74) is 5.59. The van der Waals surface area contributed by atoms with Crippen molar-refractivity contribution in [3.05, 3.63) is 0 Å². The summed E-state index contributed by atoms with van der Waals surface area (Å²) in [5.74, 6) is -0.171. The van der Waals surface area contributed by atoms with Gasteiger partial charge < -0.3 is 20.1 Å². The molecule has 0 aromatic rings. The van der Waals surface area contributed by atoms with Gasteiger partial charge >= 0.3 is 12.1 Å². The second-order valence-corrected chi connectivity index (χ2v) is 6.50. The molecular weight excluding hydrogens is 272 g/mol. The fourth-order valence-electron chi connectivity index (χ4n) is 2.43. The zero-order chi connectivity index (χ0) is 16.0. The van der Waals surface area contributed by atoms with Crippen LogP contribution in [0.3, 0.4) is 0 Å². The third-order valence-corrected chi connectivity index (χ3v) is 3.42. The molecule has 0 aliphatic carbocycles. The molecule has 0 aromatic carbocycles. The van der Waals surface area contributed by atoms with Crippen molar-refractivity contribution in [2.75, 3.05) is 19.7 Å². The molecule has 0 spiro atoms. The van der Waals surface area contributed by atoms with Crippen molar-refractivity contribution in [3.8, 4) is 0 Å². The maximum absolute atomic E-state index is 12.1. The molecule has 1 rings (SSSR count). The van der Waals surface area contributed by atoms with E-state index < -0.39 is 5.60 Å². The number of carbonyl (C=O) groups is 2. The maximum Gasteiger partial charge on any atom is 0.410 e. The molecule has 1 fully saturated rings. The molecule has 1 amide bonds. The molecule has 1 aliphatic rings. The lowest BCUT2D eigenvalue weighted by atomic mass is 9.89. The molecule has 2 N–H and O–H groups in total. The van der Waals surface area contributed by atoms with Crippen LogP contribution in [0.15, 0.2) is 0 Å². The van der Waals surface area contributed by atoms with Gasteiger partial charge in [0.05, 0.1) is 13.0 Å². The summed E-state index contributed by atoms with van der Waals surface area (Å²) in [6, 6.07) is -0.283. The van der Waals surface area contributed by atoms with E-state index in [-0.39, 0.29) is 30.4 Å². The Kier molecular flexibility index (Phi) is 6.45. The summed E-state index contributed by atoms with van der Waals surface area (Å²) < 4.78 is 10.3. The van der Waals surface area contributed by atoms with Gasteiger partial charge in [-0.2, -0.15) is 0 Å². The van der Waals surface area contributed by atoms with Crippen LogP contribution >= 0.6 is 0 Å². The predicted octanol–water partition coefficient (Wildman–Crippen LogP) is 1.91. The number of hydrogen-bond acceptors (Lipinski definition) is 5. The van der Waals surface area contributed by atoms with Gasteiger partial charge in [0.2, 0.25) is 0 Å². The van der Waals surface area contributed by atoms with Crippen molar-refractivity contribution in [2.45, 2.75) is 58.6 Å². The second kappa shape index (κ2) is 7.64. The zero-order valence-corrected chi connectivity index (χ0v) is 13.6. The number of likely N-dealkylation sites (tertiary alicyclic amines) is 1. The number of piperidine rings is 1. The van der Waals surface area contributed by atoms with Crippen LogP contribution in [-0.4, -0.2) is 48.3 Å². The average Bonchev–Trinajstić information content (AvgIpc) is 2.37. The Morgan fingerprint density at radius 2 is 2.05 bits per heavy atom. The van der Waals surface area contributed by atoms with Gasteiger partial charge in [-0.15, -0.1) is 0 Å². The molecule has 6 heteroatoms. The molecule has 1 aliphatic heterocycles. The summed E-state index contributed by atoms with van der Waals surface area (Å²) >= 11 is 0. The Hall–Kier alpha value is -1.30. The summed E-state index contributed by atoms with van der Waals surface area (Å²) in [6.07, 6.45) is 1.68. The lowest BCUT2D eigenvalue weighted by molar-refractivity contribution is -0.143. The van der Waals surface area contributed by atoms with Crippen molar-refractivity contribution in [2.24, 2.45) is 11.7 Å². The molecule has 0 radical (unpaired) electrons. The lowest BCUT2D eigenvalue weighted by Crippen LogP contribution is -2.48. The van der Waals surface area contributed by atoms with Crippen molar-refractivity contribution in [1.82, 2.24) is 4.90 Å². The molecule has 122 valence electrons. The number of amides is 1. The van der Waals surface area contributed by atoms with E-state index in [0.717, 1.165) is 12.8 Å². The molecule has 0 unspecified atom stereocenters. The van der Waals surface area contributed by atoms with Crippen LogP contribution in [0.4, 0.5) is 4.79 Å². The van der Waals surface area contributed by atoms with Crippen LogP contribution in [0.2, 0.25) is 0 Å².